The molecule has 0 saturated carbocycles. The van der Waals surface area contributed by atoms with E-state index in [0.717, 1.165) is 0 Å². The smallest absolute Gasteiger partial charge is 0.339 e. The lowest BCUT2D eigenvalue weighted by Crippen LogP contribution is -2.10. The summed E-state index contributed by atoms with van der Waals surface area (Å²) in [5.74, 6) is -0.571. The molecule has 0 aromatic heterocycles. The molecule has 0 N–H and O–H groups in total. The van der Waals surface area contributed by atoms with Crippen LogP contribution in [0.15, 0.2) is 53.4 Å². The van der Waals surface area contributed by atoms with Crippen LogP contribution in [-0.4, -0.2) is 21.5 Å². The van der Waals surface area contributed by atoms with Crippen molar-refractivity contribution in [1.82, 2.24) is 0 Å². The van der Waals surface area contributed by atoms with Gasteiger partial charge in [0.15, 0.2) is 0 Å². The second-order valence-corrected chi connectivity index (χ2v) is 6.00. The highest BCUT2D eigenvalue weighted by Gasteiger charge is 2.18. The molecule has 0 aliphatic carbocycles. The fourth-order valence-corrected chi connectivity index (χ4v) is 2.81. The number of hydrogen-bond acceptors (Lipinski definition) is 5. The van der Waals surface area contributed by atoms with Crippen molar-refractivity contribution in [2.75, 3.05) is 7.11 Å². The van der Waals surface area contributed by atoms with Crippen LogP contribution in [0.2, 0.25) is 5.02 Å². The first-order chi connectivity index (χ1) is 9.92. The van der Waals surface area contributed by atoms with Crippen molar-refractivity contribution < 1.29 is 22.1 Å². The average Bonchev–Trinajstić information content (AvgIpc) is 2.46. The Morgan fingerprint density at radius 1 is 1.10 bits per heavy atom. The van der Waals surface area contributed by atoms with Gasteiger partial charge in [0, 0.05) is 5.02 Å². The SMILES string of the molecule is COC(=O)c1cccc(OS(=O)(=O)c2cccc(Cl)c2)c1. The van der Waals surface area contributed by atoms with Gasteiger partial charge in [-0.25, -0.2) is 4.79 Å². The highest BCUT2D eigenvalue weighted by Crippen LogP contribution is 2.22. The number of carbonyl (C=O) groups excluding carboxylic acids is 1. The summed E-state index contributed by atoms with van der Waals surface area (Å²) in [6, 6.07) is 11.4. The van der Waals surface area contributed by atoms with Crippen LogP contribution in [0.1, 0.15) is 10.4 Å². The minimum Gasteiger partial charge on any atom is -0.465 e. The van der Waals surface area contributed by atoms with Crippen molar-refractivity contribution in [3.05, 3.63) is 59.1 Å². The number of methoxy groups -OCH3 is 1. The summed E-state index contributed by atoms with van der Waals surface area (Å²) in [4.78, 5) is 11.3. The standard InChI is InChI=1S/C14H11ClO5S/c1-19-14(16)10-4-2-6-12(8-10)20-21(17,18)13-7-3-5-11(15)9-13/h2-9H,1H3. The van der Waals surface area contributed by atoms with E-state index in [9.17, 15) is 13.2 Å². The zero-order valence-corrected chi connectivity index (χ0v) is 12.5. The van der Waals surface area contributed by atoms with Gasteiger partial charge in [0.05, 0.1) is 12.7 Å². The molecule has 0 fully saturated rings. The Morgan fingerprint density at radius 3 is 2.48 bits per heavy atom. The number of halogens is 1. The molecule has 2 aromatic carbocycles. The predicted molar refractivity (Wildman–Crippen MR) is 77.0 cm³/mol. The van der Waals surface area contributed by atoms with Crippen molar-refractivity contribution >= 4 is 27.7 Å². The Kier molecular flexibility index (Phi) is 4.50. The van der Waals surface area contributed by atoms with Gasteiger partial charge < -0.3 is 8.92 Å². The molecule has 110 valence electrons. The fraction of sp³-hybridized carbons (Fsp3) is 0.0714. The molecule has 0 aliphatic heterocycles. The number of hydrogen-bond donors (Lipinski definition) is 0. The van der Waals surface area contributed by atoms with Crippen molar-refractivity contribution in [2.24, 2.45) is 0 Å². The largest absolute Gasteiger partial charge is 0.465 e. The lowest BCUT2D eigenvalue weighted by atomic mass is 10.2. The monoisotopic (exact) mass is 326 g/mol. The summed E-state index contributed by atoms with van der Waals surface area (Å²) < 4.78 is 33.8. The highest BCUT2D eigenvalue weighted by molar-refractivity contribution is 7.87. The molecule has 0 unspecified atom stereocenters. The summed E-state index contributed by atoms with van der Waals surface area (Å²) in [6.07, 6.45) is 0. The van der Waals surface area contributed by atoms with E-state index < -0.39 is 16.1 Å². The predicted octanol–water partition coefficient (Wildman–Crippen LogP) is 2.89. The third kappa shape index (κ3) is 3.74. The molecular formula is C14H11ClO5S. The fourth-order valence-electron chi connectivity index (χ4n) is 1.59. The Morgan fingerprint density at radius 2 is 1.81 bits per heavy atom. The number of rotatable bonds is 4. The van der Waals surface area contributed by atoms with E-state index in [1.807, 2.05) is 0 Å². The van der Waals surface area contributed by atoms with E-state index in [4.69, 9.17) is 15.8 Å². The molecule has 0 amide bonds. The molecule has 2 rings (SSSR count). The second-order valence-electron chi connectivity index (χ2n) is 4.01. The van der Waals surface area contributed by atoms with E-state index in [-0.39, 0.29) is 21.2 Å². The Bertz CT molecular complexity index is 770. The normalized spacial score (nSPS) is 11.0. The molecule has 7 heteroatoms. The molecule has 2 aromatic rings. The van der Waals surface area contributed by atoms with Crippen molar-refractivity contribution in [1.29, 1.82) is 0 Å². The Balaban J connectivity index is 2.31. The summed E-state index contributed by atoms with van der Waals surface area (Å²) in [5, 5.41) is 0.281. The number of benzene rings is 2. The van der Waals surface area contributed by atoms with Gasteiger partial charge >= 0.3 is 16.1 Å². The lowest BCUT2D eigenvalue weighted by molar-refractivity contribution is 0.0600. The van der Waals surface area contributed by atoms with Crippen LogP contribution in [0.4, 0.5) is 0 Å². The summed E-state index contributed by atoms with van der Waals surface area (Å²) in [5.41, 5.74) is 0.191. The Labute approximate surface area is 127 Å². The van der Waals surface area contributed by atoms with Crippen LogP contribution in [0.3, 0.4) is 0 Å². The molecule has 0 atom stereocenters. The van der Waals surface area contributed by atoms with Crippen molar-refractivity contribution in [2.45, 2.75) is 4.90 Å². The van der Waals surface area contributed by atoms with Crippen molar-refractivity contribution in [3.63, 3.8) is 0 Å². The van der Waals surface area contributed by atoms with Crippen LogP contribution in [0.25, 0.3) is 0 Å². The van der Waals surface area contributed by atoms with Gasteiger partial charge in [-0.2, -0.15) is 8.42 Å². The molecule has 0 bridgehead atoms. The van der Waals surface area contributed by atoms with Crippen LogP contribution < -0.4 is 4.18 Å². The number of carbonyl (C=O) groups is 1. The summed E-state index contributed by atoms with van der Waals surface area (Å²) in [6.45, 7) is 0. The number of esters is 1. The van der Waals surface area contributed by atoms with Crippen LogP contribution in [0, 0.1) is 0 Å². The highest BCUT2D eigenvalue weighted by atomic mass is 35.5. The average molecular weight is 327 g/mol. The Hall–Kier alpha value is -2.05. The molecule has 0 radical (unpaired) electrons. The quantitative estimate of drug-likeness (QED) is 0.638. The van der Waals surface area contributed by atoms with Gasteiger partial charge in [-0.1, -0.05) is 23.7 Å². The van der Waals surface area contributed by atoms with Gasteiger partial charge in [0.25, 0.3) is 0 Å². The molecule has 0 saturated heterocycles. The van der Waals surface area contributed by atoms with E-state index in [1.165, 1.54) is 49.6 Å². The third-order valence-corrected chi connectivity index (χ3v) is 4.02. The molecule has 0 aliphatic rings. The van der Waals surface area contributed by atoms with E-state index >= 15 is 0 Å². The van der Waals surface area contributed by atoms with E-state index in [1.54, 1.807) is 6.07 Å². The van der Waals surface area contributed by atoms with Crippen LogP contribution in [-0.2, 0) is 14.9 Å². The maximum Gasteiger partial charge on any atom is 0.339 e. The third-order valence-electron chi connectivity index (χ3n) is 2.55. The summed E-state index contributed by atoms with van der Waals surface area (Å²) >= 11 is 5.76. The minimum absolute atomic E-state index is 0.0119. The maximum atomic E-state index is 12.1. The first kappa shape index (κ1) is 15.3. The first-order valence-electron chi connectivity index (χ1n) is 5.81. The zero-order valence-electron chi connectivity index (χ0n) is 10.9. The van der Waals surface area contributed by atoms with Gasteiger partial charge in [0.2, 0.25) is 0 Å². The van der Waals surface area contributed by atoms with Crippen molar-refractivity contribution in [3.8, 4) is 5.75 Å². The topological polar surface area (TPSA) is 69.7 Å². The van der Waals surface area contributed by atoms with E-state index in [0.29, 0.717) is 0 Å². The lowest BCUT2D eigenvalue weighted by Gasteiger charge is -2.08. The van der Waals surface area contributed by atoms with Gasteiger partial charge in [-0.3, -0.25) is 0 Å². The van der Waals surface area contributed by atoms with Gasteiger partial charge in [-0.05, 0) is 36.4 Å². The molecular weight excluding hydrogens is 316 g/mol. The van der Waals surface area contributed by atoms with Crippen LogP contribution >= 0.6 is 11.6 Å². The maximum absolute atomic E-state index is 12.1. The van der Waals surface area contributed by atoms with E-state index in [2.05, 4.69) is 4.74 Å². The first-order valence-corrected chi connectivity index (χ1v) is 7.59. The molecule has 0 heterocycles. The van der Waals surface area contributed by atoms with Gasteiger partial charge in [0.1, 0.15) is 10.6 Å². The molecule has 0 spiro atoms. The van der Waals surface area contributed by atoms with Crippen LogP contribution in [0.5, 0.6) is 5.75 Å². The summed E-state index contributed by atoms with van der Waals surface area (Å²) in [7, 11) is -2.79. The number of ether oxygens (including phenoxy) is 1. The minimum atomic E-state index is -4.02. The van der Waals surface area contributed by atoms with Gasteiger partial charge in [-0.15, -0.1) is 0 Å². The molecule has 5 nitrogen and oxygen atoms in total. The second kappa shape index (κ2) is 6.15. The molecule has 21 heavy (non-hydrogen) atoms. The zero-order chi connectivity index (χ0) is 15.5.